The van der Waals surface area contributed by atoms with E-state index < -0.39 is 15.3 Å². The van der Waals surface area contributed by atoms with Crippen molar-refractivity contribution in [3.63, 3.8) is 0 Å². The molecule has 1 aromatic carbocycles. The van der Waals surface area contributed by atoms with Crippen molar-refractivity contribution in [1.29, 1.82) is 0 Å². The largest absolute Gasteiger partial charge is 0.288 e. The van der Waals surface area contributed by atoms with E-state index in [2.05, 4.69) is 20.6 Å². The SMILES string of the molecule is O=S(=O)(c1ccccc1-c1ncccn1)C1NCCN1. The van der Waals surface area contributed by atoms with Gasteiger partial charge in [-0.15, -0.1) is 0 Å². The Kier molecular flexibility index (Phi) is 3.47. The van der Waals surface area contributed by atoms with Gasteiger partial charge in [-0.1, -0.05) is 12.1 Å². The molecular formula is C13H14N4O2S. The minimum atomic E-state index is -3.52. The lowest BCUT2D eigenvalue weighted by molar-refractivity contribution is 0.561. The topological polar surface area (TPSA) is 84.0 Å². The molecule has 2 aromatic rings. The van der Waals surface area contributed by atoms with Gasteiger partial charge >= 0.3 is 0 Å². The lowest BCUT2D eigenvalue weighted by Crippen LogP contribution is -2.39. The molecule has 1 fully saturated rings. The van der Waals surface area contributed by atoms with Gasteiger partial charge in [0.25, 0.3) is 0 Å². The van der Waals surface area contributed by atoms with Crippen LogP contribution in [0.1, 0.15) is 0 Å². The summed E-state index contributed by atoms with van der Waals surface area (Å²) in [5.74, 6) is 0.407. The molecular weight excluding hydrogens is 276 g/mol. The second-order valence-corrected chi connectivity index (χ2v) is 6.40. The van der Waals surface area contributed by atoms with E-state index in [1.54, 1.807) is 42.7 Å². The summed E-state index contributed by atoms with van der Waals surface area (Å²) in [5.41, 5.74) is -0.240. The lowest BCUT2D eigenvalue weighted by Gasteiger charge is -2.15. The van der Waals surface area contributed by atoms with Gasteiger partial charge in [0.2, 0.25) is 9.84 Å². The highest BCUT2D eigenvalue weighted by Gasteiger charge is 2.31. The van der Waals surface area contributed by atoms with E-state index in [4.69, 9.17) is 0 Å². The van der Waals surface area contributed by atoms with Gasteiger partial charge in [-0.25, -0.2) is 18.4 Å². The molecule has 0 unspecified atom stereocenters. The van der Waals surface area contributed by atoms with Crippen molar-refractivity contribution >= 4 is 9.84 Å². The fourth-order valence-corrected chi connectivity index (χ4v) is 3.83. The molecule has 0 spiro atoms. The first kappa shape index (κ1) is 13.2. The summed E-state index contributed by atoms with van der Waals surface area (Å²) in [6.45, 7) is 1.27. The van der Waals surface area contributed by atoms with Crippen LogP contribution in [0.4, 0.5) is 0 Å². The number of nitrogens with zero attached hydrogens (tertiary/aromatic N) is 2. The number of rotatable bonds is 3. The van der Waals surface area contributed by atoms with Gasteiger partial charge in [-0.05, 0) is 18.2 Å². The Morgan fingerprint density at radius 1 is 1.00 bits per heavy atom. The van der Waals surface area contributed by atoms with Crippen molar-refractivity contribution in [1.82, 2.24) is 20.6 Å². The van der Waals surface area contributed by atoms with E-state index in [-0.39, 0.29) is 4.90 Å². The van der Waals surface area contributed by atoms with E-state index in [9.17, 15) is 8.42 Å². The Hall–Kier alpha value is -1.83. The highest BCUT2D eigenvalue weighted by atomic mass is 32.2. The van der Waals surface area contributed by atoms with Crippen molar-refractivity contribution in [3.05, 3.63) is 42.7 Å². The maximum absolute atomic E-state index is 12.6. The first-order valence-electron chi connectivity index (χ1n) is 6.27. The van der Waals surface area contributed by atoms with Crippen molar-refractivity contribution in [2.45, 2.75) is 10.4 Å². The molecule has 0 radical (unpaired) electrons. The molecule has 1 aliphatic heterocycles. The summed E-state index contributed by atoms with van der Waals surface area (Å²) in [6.07, 6.45) is 3.19. The molecule has 3 rings (SSSR count). The van der Waals surface area contributed by atoms with Gasteiger partial charge in [0.15, 0.2) is 11.3 Å². The normalized spacial score (nSPS) is 16.4. The molecule has 0 bridgehead atoms. The Bertz CT molecular complexity index is 697. The molecule has 6 nitrogen and oxygen atoms in total. The van der Waals surface area contributed by atoms with Crippen LogP contribution in [0.25, 0.3) is 11.4 Å². The van der Waals surface area contributed by atoms with E-state index in [1.807, 2.05) is 0 Å². The van der Waals surface area contributed by atoms with E-state index in [0.717, 1.165) is 0 Å². The van der Waals surface area contributed by atoms with Gasteiger partial charge in [0.05, 0.1) is 4.90 Å². The molecule has 2 N–H and O–H groups in total. The Balaban J connectivity index is 2.11. The van der Waals surface area contributed by atoms with Crippen LogP contribution in [-0.4, -0.2) is 37.0 Å². The van der Waals surface area contributed by atoms with Gasteiger partial charge < -0.3 is 0 Å². The zero-order chi connectivity index (χ0) is 14.0. The standard InChI is InChI=1S/C13H14N4O2S/c18-20(19,13-16-8-9-17-13)11-5-2-1-4-10(11)12-14-6-3-7-15-12/h1-7,13,16-17H,8-9H2. The number of nitrogens with one attached hydrogen (secondary N) is 2. The van der Waals surface area contributed by atoms with Crippen LogP contribution >= 0.6 is 0 Å². The van der Waals surface area contributed by atoms with Gasteiger partial charge in [0.1, 0.15) is 0 Å². The van der Waals surface area contributed by atoms with Crippen molar-refractivity contribution < 1.29 is 8.42 Å². The third-order valence-corrected chi connectivity index (χ3v) is 5.02. The predicted molar refractivity (Wildman–Crippen MR) is 74.4 cm³/mol. The molecule has 20 heavy (non-hydrogen) atoms. The minimum absolute atomic E-state index is 0.234. The van der Waals surface area contributed by atoms with Gasteiger partial charge in [-0.2, -0.15) is 0 Å². The first-order valence-corrected chi connectivity index (χ1v) is 7.81. The average molecular weight is 290 g/mol. The van der Waals surface area contributed by atoms with E-state index >= 15 is 0 Å². The monoisotopic (exact) mass is 290 g/mol. The van der Waals surface area contributed by atoms with E-state index in [0.29, 0.717) is 24.5 Å². The Morgan fingerprint density at radius 3 is 2.35 bits per heavy atom. The second-order valence-electron chi connectivity index (χ2n) is 4.40. The second kappa shape index (κ2) is 5.28. The fourth-order valence-electron chi connectivity index (χ4n) is 2.16. The number of hydrogen-bond donors (Lipinski definition) is 2. The smallest absolute Gasteiger partial charge is 0.208 e. The molecule has 7 heteroatoms. The highest BCUT2D eigenvalue weighted by Crippen LogP contribution is 2.26. The molecule has 0 aliphatic carbocycles. The third-order valence-electron chi connectivity index (χ3n) is 3.10. The van der Waals surface area contributed by atoms with E-state index in [1.165, 1.54) is 0 Å². The number of hydrogen-bond acceptors (Lipinski definition) is 6. The van der Waals surface area contributed by atoms with Crippen molar-refractivity contribution in [2.24, 2.45) is 0 Å². The summed E-state index contributed by atoms with van der Waals surface area (Å²) in [5, 5.41) is 5.87. The van der Waals surface area contributed by atoms with Crippen LogP contribution in [-0.2, 0) is 9.84 Å². The summed E-state index contributed by atoms with van der Waals surface area (Å²) in [6, 6.07) is 8.48. The molecule has 0 saturated carbocycles. The minimum Gasteiger partial charge on any atom is -0.288 e. The third kappa shape index (κ3) is 2.31. The van der Waals surface area contributed by atoms with Crippen LogP contribution in [0.15, 0.2) is 47.6 Å². The lowest BCUT2D eigenvalue weighted by atomic mass is 10.2. The average Bonchev–Trinajstić information content (AvgIpc) is 3.03. The zero-order valence-electron chi connectivity index (χ0n) is 10.7. The Morgan fingerprint density at radius 2 is 1.65 bits per heavy atom. The maximum atomic E-state index is 12.6. The fraction of sp³-hybridized carbons (Fsp3) is 0.231. The summed E-state index contributed by atoms with van der Waals surface area (Å²) in [4.78, 5) is 8.50. The molecule has 0 atom stereocenters. The molecule has 1 aliphatic rings. The molecule has 1 saturated heterocycles. The number of sulfone groups is 1. The number of benzene rings is 1. The molecule has 104 valence electrons. The summed E-state index contributed by atoms with van der Waals surface area (Å²) in [7, 11) is -3.52. The quantitative estimate of drug-likeness (QED) is 0.851. The van der Waals surface area contributed by atoms with Crippen LogP contribution in [0.3, 0.4) is 0 Å². The summed E-state index contributed by atoms with van der Waals surface area (Å²) >= 11 is 0. The van der Waals surface area contributed by atoms with Crippen LogP contribution in [0, 0.1) is 0 Å². The maximum Gasteiger partial charge on any atom is 0.208 e. The first-order chi connectivity index (χ1) is 9.69. The van der Waals surface area contributed by atoms with Crippen LogP contribution in [0.5, 0.6) is 0 Å². The van der Waals surface area contributed by atoms with Crippen LogP contribution < -0.4 is 10.6 Å². The van der Waals surface area contributed by atoms with Crippen molar-refractivity contribution in [2.75, 3.05) is 13.1 Å². The molecule has 1 aromatic heterocycles. The van der Waals surface area contributed by atoms with Gasteiger partial charge in [-0.3, -0.25) is 10.6 Å². The Labute approximate surface area is 117 Å². The summed E-state index contributed by atoms with van der Waals surface area (Å²) < 4.78 is 25.3. The molecule has 0 amide bonds. The van der Waals surface area contributed by atoms with Gasteiger partial charge in [0, 0.05) is 31.0 Å². The molecule has 2 heterocycles. The number of aromatic nitrogens is 2. The predicted octanol–water partition coefficient (Wildman–Crippen LogP) is 0.394. The van der Waals surface area contributed by atoms with Crippen molar-refractivity contribution in [3.8, 4) is 11.4 Å². The van der Waals surface area contributed by atoms with Crippen LogP contribution in [0.2, 0.25) is 0 Å². The zero-order valence-corrected chi connectivity index (χ0v) is 11.5. The highest BCUT2D eigenvalue weighted by molar-refractivity contribution is 7.92.